The van der Waals surface area contributed by atoms with Crippen molar-refractivity contribution in [1.29, 1.82) is 0 Å². The standard InChI is InChI=1S/C9H12F3NO4/c1-8(2)4(5(8)7(15)16)6(14)13-17-3-9(10,11)12/h4-5H,3H2,1-2H3,(H,13,14)(H,15,16). The van der Waals surface area contributed by atoms with Gasteiger partial charge in [0.25, 0.3) is 0 Å². The molecule has 2 atom stereocenters. The quantitative estimate of drug-likeness (QED) is 0.733. The Balaban J connectivity index is 2.43. The van der Waals surface area contributed by atoms with Crippen LogP contribution in [-0.4, -0.2) is 29.8 Å². The SMILES string of the molecule is CC1(C)C(C(=O)O)C1C(=O)NOCC(F)(F)F. The second-order valence-corrected chi connectivity index (χ2v) is 4.49. The average Bonchev–Trinajstić information content (AvgIpc) is 2.66. The largest absolute Gasteiger partial charge is 0.481 e. The number of halogens is 3. The molecule has 1 aliphatic carbocycles. The van der Waals surface area contributed by atoms with E-state index in [0.29, 0.717) is 0 Å². The molecule has 5 nitrogen and oxygen atoms in total. The minimum Gasteiger partial charge on any atom is -0.481 e. The number of carboxylic acids is 1. The first kappa shape index (κ1) is 13.8. The molecule has 2 unspecified atom stereocenters. The summed E-state index contributed by atoms with van der Waals surface area (Å²) < 4.78 is 35.1. The summed E-state index contributed by atoms with van der Waals surface area (Å²) in [6.07, 6.45) is -4.54. The van der Waals surface area contributed by atoms with E-state index in [9.17, 15) is 22.8 Å². The van der Waals surface area contributed by atoms with Crippen molar-refractivity contribution >= 4 is 11.9 Å². The van der Waals surface area contributed by atoms with Gasteiger partial charge in [0.1, 0.15) is 0 Å². The Kier molecular flexibility index (Phi) is 3.37. The number of hydroxylamine groups is 1. The molecule has 17 heavy (non-hydrogen) atoms. The van der Waals surface area contributed by atoms with Gasteiger partial charge in [-0.15, -0.1) is 0 Å². The topological polar surface area (TPSA) is 75.6 Å². The molecule has 1 fully saturated rings. The van der Waals surface area contributed by atoms with Crippen LogP contribution in [0.4, 0.5) is 13.2 Å². The normalized spacial score (nSPS) is 26.4. The van der Waals surface area contributed by atoms with E-state index in [0.717, 1.165) is 0 Å². The number of nitrogens with one attached hydrogen (secondary N) is 1. The minimum absolute atomic E-state index is 0.766. The van der Waals surface area contributed by atoms with Gasteiger partial charge in [0.2, 0.25) is 5.91 Å². The number of carbonyl (C=O) groups is 2. The lowest BCUT2D eigenvalue weighted by Crippen LogP contribution is -2.31. The first-order valence-electron chi connectivity index (χ1n) is 4.78. The molecule has 1 rings (SSSR count). The maximum atomic E-state index is 11.7. The smallest absolute Gasteiger partial charge is 0.414 e. The Labute approximate surface area is 94.9 Å². The Hall–Kier alpha value is -1.31. The summed E-state index contributed by atoms with van der Waals surface area (Å²) in [5.74, 6) is -3.75. The van der Waals surface area contributed by atoms with E-state index in [4.69, 9.17) is 5.11 Å². The summed E-state index contributed by atoms with van der Waals surface area (Å²) in [5, 5.41) is 8.76. The second-order valence-electron chi connectivity index (χ2n) is 4.49. The highest BCUT2D eigenvalue weighted by Crippen LogP contribution is 2.58. The van der Waals surface area contributed by atoms with Gasteiger partial charge >= 0.3 is 12.1 Å². The average molecular weight is 255 g/mol. The van der Waals surface area contributed by atoms with Gasteiger partial charge in [-0.25, -0.2) is 5.48 Å². The van der Waals surface area contributed by atoms with E-state index in [2.05, 4.69) is 4.84 Å². The highest BCUT2D eigenvalue weighted by Gasteiger charge is 2.66. The Morgan fingerprint density at radius 3 is 2.24 bits per heavy atom. The van der Waals surface area contributed by atoms with Crippen molar-refractivity contribution in [2.75, 3.05) is 6.61 Å². The Bertz CT molecular complexity index is 340. The lowest BCUT2D eigenvalue weighted by Gasteiger charge is -2.08. The van der Waals surface area contributed by atoms with Crippen LogP contribution in [0.3, 0.4) is 0 Å². The van der Waals surface area contributed by atoms with Gasteiger partial charge in [-0.05, 0) is 5.41 Å². The molecule has 0 aromatic heterocycles. The maximum Gasteiger partial charge on any atom is 0.414 e. The summed E-state index contributed by atoms with van der Waals surface area (Å²) in [6, 6.07) is 0. The first-order valence-corrected chi connectivity index (χ1v) is 4.78. The fraction of sp³-hybridized carbons (Fsp3) is 0.778. The molecule has 2 N–H and O–H groups in total. The van der Waals surface area contributed by atoms with E-state index in [1.165, 1.54) is 0 Å². The number of carbonyl (C=O) groups excluding carboxylic acids is 1. The summed E-state index contributed by atoms with van der Waals surface area (Å²) >= 11 is 0. The van der Waals surface area contributed by atoms with Gasteiger partial charge in [-0.3, -0.25) is 14.4 Å². The summed E-state index contributed by atoms with van der Waals surface area (Å²) in [6.45, 7) is 1.50. The van der Waals surface area contributed by atoms with E-state index < -0.39 is 41.9 Å². The lowest BCUT2D eigenvalue weighted by molar-refractivity contribution is -0.192. The number of hydrogen-bond acceptors (Lipinski definition) is 3. The van der Waals surface area contributed by atoms with E-state index in [1.807, 2.05) is 0 Å². The molecule has 1 amide bonds. The van der Waals surface area contributed by atoms with E-state index in [-0.39, 0.29) is 0 Å². The van der Waals surface area contributed by atoms with Crippen molar-refractivity contribution in [3.8, 4) is 0 Å². The predicted molar refractivity (Wildman–Crippen MR) is 48.5 cm³/mol. The molecular weight excluding hydrogens is 243 g/mol. The Morgan fingerprint density at radius 2 is 1.88 bits per heavy atom. The fourth-order valence-corrected chi connectivity index (χ4v) is 1.84. The lowest BCUT2D eigenvalue weighted by atomic mass is 10.1. The first-order chi connectivity index (χ1) is 7.57. The molecule has 0 aromatic carbocycles. The van der Waals surface area contributed by atoms with Gasteiger partial charge in [-0.2, -0.15) is 13.2 Å². The third-order valence-corrected chi connectivity index (χ3v) is 2.78. The van der Waals surface area contributed by atoms with Gasteiger partial charge in [0, 0.05) is 0 Å². The highest BCUT2D eigenvalue weighted by atomic mass is 19.4. The van der Waals surface area contributed by atoms with Crippen LogP contribution in [0, 0.1) is 17.3 Å². The molecule has 1 saturated carbocycles. The van der Waals surface area contributed by atoms with Gasteiger partial charge in [0.05, 0.1) is 11.8 Å². The zero-order valence-electron chi connectivity index (χ0n) is 9.17. The van der Waals surface area contributed by atoms with Crippen LogP contribution >= 0.6 is 0 Å². The number of amides is 1. The minimum atomic E-state index is -4.54. The number of carboxylic acid groups (broad SMARTS) is 1. The van der Waals surface area contributed by atoms with Gasteiger partial charge in [0.15, 0.2) is 6.61 Å². The molecule has 0 heterocycles. The van der Waals surface area contributed by atoms with Crippen molar-refractivity contribution in [2.24, 2.45) is 17.3 Å². The predicted octanol–water partition coefficient (Wildman–Crippen LogP) is 0.953. The molecular formula is C9H12F3NO4. The molecule has 0 bridgehead atoms. The molecule has 98 valence electrons. The molecule has 1 aliphatic rings. The Morgan fingerprint density at radius 1 is 1.35 bits per heavy atom. The van der Waals surface area contributed by atoms with Crippen molar-refractivity contribution in [3.63, 3.8) is 0 Å². The summed E-state index contributed by atoms with van der Waals surface area (Å²) in [4.78, 5) is 26.0. The van der Waals surface area contributed by atoms with E-state index >= 15 is 0 Å². The molecule has 0 aromatic rings. The zero-order chi connectivity index (χ0) is 13.4. The molecule has 0 spiro atoms. The fourth-order valence-electron chi connectivity index (χ4n) is 1.84. The molecule has 0 aliphatic heterocycles. The van der Waals surface area contributed by atoms with Crippen LogP contribution in [0.2, 0.25) is 0 Å². The zero-order valence-corrected chi connectivity index (χ0v) is 9.17. The third-order valence-electron chi connectivity index (χ3n) is 2.78. The van der Waals surface area contributed by atoms with Crippen LogP contribution in [0.1, 0.15) is 13.8 Å². The number of rotatable bonds is 4. The maximum absolute atomic E-state index is 11.7. The molecule has 0 radical (unpaired) electrons. The number of alkyl halides is 3. The van der Waals surface area contributed by atoms with Crippen LogP contribution in [0.25, 0.3) is 0 Å². The van der Waals surface area contributed by atoms with E-state index in [1.54, 1.807) is 19.3 Å². The summed E-state index contributed by atoms with van der Waals surface area (Å²) in [7, 11) is 0. The monoisotopic (exact) mass is 255 g/mol. The van der Waals surface area contributed by atoms with Crippen molar-refractivity contribution in [2.45, 2.75) is 20.0 Å². The number of hydrogen-bond donors (Lipinski definition) is 2. The highest BCUT2D eigenvalue weighted by molar-refractivity contribution is 5.91. The third kappa shape index (κ3) is 3.09. The van der Waals surface area contributed by atoms with Gasteiger partial charge < -0.3 is 5.11 Å². The number of aliphatic carboxylic acids is 1. The van der Waals surface area contributed by atoms with Crippen molar-refractivity contribution < 1.29 is 32.7 Å². The van der Waals surface area contributed by atoms with Crippen LogP contribution < -0.4 is 5.48 Å². The molecule has 8 heteroatoms. The van der Waals surface area contributed by atoms with Crippen LogP contribution in [0.5, 0.6) is 0 Å². The van der Waals surface area contributed by atoms with Crippen LogP contribution in [-0.2, 0) is 14.4 Å². The summed E-state index contributed by atoms with van der Waals surface area (Å²) in [5.41, 5.74) is 0.853. The van der Waals surface area contributed by atoms with Gasteiger partial charge in [-0.1, -0.05) is 13.8 Å². The molecule has 0 saturated heterocycles. The second kappa shape index (κ2) is 4.17. The van der Waals surface area contributed by atoms with Crippen molar-refractivity contribution in [1.82, 2.24) is 5.48 Å². The van der Waals surface area contributed by atoms with Crippen LogP contribution in [0.15, 0.2) is 0 Å². The van der Waals surface area contributed by atoms with Crippen molar-refractivity contribution in [3.05, 3.63) is 0 Å².